The lowest BCUT2D eigenvalue weighted by molar-refractivity contribution is 0.178. The molecule has 0 bridgehead atoms. The average molecular weight is 309 g/mol. The molecule has 0 atom stereocenters. The van der Waals surface area contributed by atoms with Crippen LogP contribution in [-0.2, 0) is 10.0 Å². The zero-order chi connectivity index (χ0) is 14.5. The first kappa shape index (κ1) is 17.3. The van der Waals surface area contributed by atoms with E-state index < -0.39 is 10.0 Å². The van der Waals surface area contributed by atoms with Crippen LogP contribution in [0.3, 0.4) is 0 Å². The molecule has 0 radical (unpaired) electrons. The SMILES string of the molecule is CC(C)CSCCN1CCC(N(C)S(C)(=O)=O)CC1. The van der Waals surface area contributed by atoms with Crippen LogP contribution >= 0.6 is 11.8 Å². The van der Waals surface area contributed by atoms with E-state index in [0.29, 0.717) is 0 Å². The molecular weight excluding hydrogens is 280 g/mol. The molecule has 6 heteroatoms. The van der Waals surface area contributed by atoms with Crippen molar-refractivity contribution in [2.24, 2.45) is 5.92 Å². The summed E-state index contributed by atoms with van der Waals surface area (Å²) in [5, 5.41) is 0. The second-order valence-electron chi connectivity index (χ2n) is 5.82. The van der Waals surface area contributed by atoms with Crippen LogP contribution < -0.4 is 0 Å². The van der Waals surface area contributed by atoms with Gasteiger partial charge in [0.05, 0.1) is 6.26 Å². The summed E-state index contributed by atoms with van der Waals surface area (Å²) in [6.07, 6.45) is 3.21. The topological polar surface area (TPSA) is 40.6 Å². The van der Waals surface area contributed by atoms with Crippen LogP contribution in [0.4, 0.5) is 0 Å². The number of piperidine rings is 1. The number of rotatable bonds is 7. The van der Waals surface area contributed by atoms with Crippen LogP contribution in [0.15, 0.2) is 0 Å². The van der Waals surface area contributed by atoms with Crippen molar-refractivity contribution in [3.8, 4) is 0 Å². The van der Waals surface area contributed by atoms with Crippen molar-refractivity contribution in [2.75, 3.05) is 44.4 Å². The summed E-state index contributed by atoms with van der Waals surface area (Å²) in [5.41, 5.74) is 0. The Labute approximate surface area is 123 Å². The molecule has 114 valence electrons. The standard InChI is InChI=1S/C13H28N2O2S2/c1-12(2)11-18-10-9-15-7-5-13(6-8-15)14(3)19(4,16)17/h12-13H,5-11H2,1-4H3. The van der Waals surface area contributed by atoms with Crippen molar-refractivity contribution in [3.63, 3.8) is 0 Å². The quantitative estimate of drug-likeness (QED) is 0.672. The molecule has 0 spiro atoms. The van der Waals surface area contributed by atoms with Gasteiger partial charge < -0.3 is 4.90 Å². The van der Waals surface area contributed by atoms with Crippen LogP contribution in [-0.4, -0.2) is 68.1 Å². The smallest absolute Gasteiger partial charge is 0.211 e. The fourth-order valence-corrected chi connectivity index (χ4v) is 4.07. The Morgan fingerprint density at radius 3 is 2.37 bits per heavy atom. The maximum atomic E-state index is 11.5. The van der Waals surface area contributed by atoms with Crippen molar-refractivity contribution in [1.82, 2.24) is 9.21 Å². The number of hydrogen-bond acceptors (Lipinski definition) is 4. The van der Waals surface area contributed by atoms with E-state index in [1.54, 1.807) is 7.05 Å². The summed E-state index contributed by atoms with van der Waals surface area (Å²) in [6.45, 7) is 7.67. The first-order chi connectivity index (χ1) is 8.80. The van der Waals surface area contributed by atoms with Gasteiger partial charge in [-0.25, -0.2) is 12.7 Å². The second kappa shape index (κ2) is 7.86. The van der Waals surface area contributed by atoms with Crippen molar-refractivity contribution < 1.29 is 8.42 Å². The van der Waals surface area contributed by atoms with E-state index in [1.807, 2.05) is 11.8 Å². The first-order valence-electron chi connectivity index (χ1n) is 7.04. The third kappa shape index (κ3) is 6.47. The molecule has 1 saturated heterocycles. The third-order valence-electron chi connectivity index (χ3n) is 3.60. The van der Waals surface area contributed by atoms with E-state index >= 15 is 0 Å². The average Bonchev–Trinajstić information content (AvgIpc) is 2.33. The lowest BCUT2D eigenvalue weighted by Crippen LogP contribution is -2.45. The summed E-state index contributed by atoms with van der Waals surface area (Å²) in [4.78, 5) is 2.46. The molecule has 1 heterocycles. The molecule has 19 heavy (non-hydrogen) atoms. The maximum Gasteiger partial charge on any atom is 0.211 e. The highest BCUT2D eigenvalue weighted by molar-refractivity contribution is 7.99. The van der Waals surface area contributed by atoms with Crippen molar-refractivity contribution in [2.45, 2.75) is 32.7 Å². The lowest BCUT2D eigenvalue weighted by Gasteiger charge is -2.35. The van der Waals surface area contributed by atoms with E-state index in [1.165, 1.54) is 22.1 Å². The Morgan fingerprint density at radius 1 is 1.32 bits per heavy atom. The van der Waals surface area contributed by atoms with Gasteiger partial charge in [0.1, 0.15) is 0 Å². The number of thioether (sulfide) groups is 1. The Bertz CT molecular complexity index is 350. The highest BCUT2D eigenvalue weighted by atomic mass is 32.2. The molecular formula is C13H28N2O2S2. The van der Waals surface area contributed by atoms with Gasteiger partial charge in [-0.2, -0.15) is 11.8 Å². The van der Waals surface area contributed by atoms with Crippen LogP contribution in [0.1, 0.15) is 26.7 Å². The van der Waals surface area contributed by atoms with Gasteiger partial charge in [0.15, 0.2) is 0 Å². The molecule has 1 rings (SSSR count). The summed E-state index contributed by atoms with van der Waals surface area (Å²) in [6, 6.07) is 0.189. The Hall–Kier alpha value is 0.220. The van der Waals surface area contributed by atoms with E-state index in [9.17, 15) is 8.42 Å². The van der Waals surface area contributed by atoms with Gasteiger partial charge in [-0.1, -0.05) is 13.8 Å². The normalized spacial score (nSPS) is 19.5. The van der Waals surface area contributed by atoms with Gasteiger partial charge in [0.2, 0.25) is 10.0 Å². The highest BCUT2D eigenvalue weighted by Crippen LogP contribution is 2.18. The van der Waals surface area contributed by atoms with Gasteiger partial charge in [0, 0.05) is 25.4 Å². The summed E-state index contributed by atoms with van der Waals surface area (Å²) in [5.74, 6) is 3.18. The van der Waals surface area contributed by atoms with Crippen molar-refractivity contribution in [1.29, 1.82) is 0 Å². The van der Waals surface area contributed by atoms with Gasteiger partial charge >= 0.3 is 0 Å². The molecule has 0 unspecified atom stereocenters. The summed E-state index contributed by atoms with van der Waals surface area (Å²) < 4.78 is 24.5. The Kier molecular flexibility index (Phi) is 7.14. The van der Waals surface area contributed by atoms with E-state index in [4.69, 9.17) is 0 Å². The molecule has 0 aromatic carbocycles. The molecule has 1 aliphatic rings. The molecule has 0 aromatic rings. The number of sulfonamides is 1. The molecule has 1 fully saturated rings. The molecule has 0 aliphatic carbocycles. The summed E-state index contributed by atoms with van der Waals surface area (Å²) >= 11 is 2.02. The summed E-state index contributed by atoms with van der Waals surface area (Å²) in [7, 11) is -1.34. The first-order valence-corrected chi connectivity index (χ1v) is 10.0. The minimum Gasteiger partial charge on any atom is -0.302 e. The number of hydrogen-bond donors (Lipinski definition) is 0. The monoisotopic (exact) mass is 308 g/mol. The molecule has 0 amide bonds. The minimum atomic E-state index is -3.04. The van der Waals surface area contributed by atoms with Crippen LogP contribution in [0.2, 0.25) is 0 Å². The molecule has 0 N–H and O–H groups in total. The Morgan fingerprint density at radius 2 is 1.89 bits per heavy atom. The molecule has 0 aromatic heterocycles. The van der Waals surface area contributed by atoms with Crippen LogP contribution in [0.25, 0.3) is 0 Å². The lowest BCUT2D eigenvalue weighted by atomic mass is 10.1. The zero-order valence-corrected chi connectivity index (χ0v) is 14.3. The van der Waals surface area contributed by atoms with Gasteiger partial charge in [0.25, 0.3) is 0 Å². The zero-order valence-electron chi connectivity index (χ0n) is 12.6. The van der Waals surface area contributed by atoms with Crippen LogP contribution in [0.5, 0.6) is 0 Å². The predicted octanol–water partition coefficient (Wildman–Crippen LogP) is 1.73. The second-order valence-corrected chi connectivity index (χ2v) is 9.01. The molecule has 0 saturated carbocycles. The van der Waals surface area contributed by atoms with E-state index in [2.05, 4.69) is 18.7 Å². The van der Waals surface area contributed by atoms with Gasteiger partial charge in [-0.15, -0.1) is 0 Å². The van der Waals surface area contributed by atoms with Crippen LogP contribution in [0, 0.1) is 5.92 Å². The maximum absolute atomic E-state index is 11.5. The minimum absolute atomic E-state index is 0.189. The largest absolute Gasteiger partial charge is 0.302 e. The van der Waals surface area contributed by atoms with Gasteiger partial charge in [-0.05, 0) is 37.6 Å². The fourth-order valence-electron chi connectivity index (χ4n) is 2.29. The van der Waals surface area contributed by atoms with Gasteiger partial charge in [-0.3, -0.25) is 0 Å². The van der Waals surface area contributed by atoms with Crippen molar-refractivity contribution in [3.05, 3.63) is 0 Å². The Balaban J connectivity index is 2.22. The fraction of sp³-hybridized carbons (Fsp3) is 1.00. The molecule has 4 nitrogen and oxygen atoms in total. The highest BCUT2D eigenvalue weighted by Gasteiger charge is 2.26. The number of likely N-dealkylation sites (tertiary alicyclic amines) is 1. The third-order valence-corrected chi connectivity index (χ3v) is 6.32. The van der Waals surface area contributed by atoms with Crippen molar-refractivity contribution >= 4 is 21.8 Å². The number of nitrogens with zero attached hydrogens (tertiary/aromatic N) is 2. The molecule has 1 aliphatic heterocycles. The predicted molar refractivity (Wildman–Crippen MR) is 84.2 cm³/mol. The van der Waals surface area contributed by atoms with E-state index in [-0.39, 0.29) is 6.04 Å². The van der Waals surface area contributed by atoms with E-state index in [0.717, 1.165) is 38.4 Å².